The van der Waals surface area contributed by atoms with Gasteiger partial charge in [-0.3, -0.25) is 0 Å². The van der Waals surface area contributed by atoms with E-state index in [1.54, 1.807) is 7.11 Å². The minimum atomic E-state index is 0.291. The first-order chi connectivity index (χ1) is 7.83. The molecular formula is C14H21NO. The zero-order valence-corrected chi connectivity index (χ0v) is 9.99. The molecule has 1 fully saturated rings. The number of ether oxygens (including phenoxy) is 1. The third kappa shape index (κ3) is 2.38. The maximum atomic E-state index is 6.28. The largest absolute Gasteiger partial charge is 0.496 e. The minimum Gasteiger partial charge on any atom is -0.496 e. The lowest BCUT2D eigenvalue weighted by atomic mass is 9.87. The Balaban J connectivity index is 2.26. The molecule has 0 bridgehead atoms. The normalized spacial score (nSPS) is 26.1. The van der Waals surface area contributed by atoms with E-state index in [2.05, 4.69) is 12.1 Å². The molecule has 2 unspecified atom stereocenters. The summed E-state index contributed by atoms with van der Waals surface area (Å²) in [6, 6.07) is 8.58. The fourth-order valence-electron chi connectivity index (χ4n) is 2.70. The summed E-state index contributed by atoms with van der Waals surface area (Å²) in [6.45, 7) is 0. The van der Waals surface area contributed by atoms with Gasteiger partial charge in [0.15, 0.2) is 0 Å². The Morgan fingerprint density at radius 3 is 2.69 bits per heavy atom. The van der Waals surface area contributed by atoms with Crippen LogP contribution >= 0.6 is 0 Å². The van der Waals surface area contributed by atoms with Crippen molar-refractivity contribution in [1.29, 1.82) is 0 Å². The van der Waals surface area contributed by atoms with Crippen LogP contribution in [0.15, 0.2) is 24.3 Å². The molecule has 1 aliphatic rings. The topological polar surface area (TPSA) is 35.2 Å². The van der Waals surface area contributed by atoms with Crippen molar-refractivity contribution in [3.63, 3.8) is 0 Å². The van der Waals surface area contributed by atoms with Gasteiger partial charge in [0.2, 0.25) is 0 Å². The quantitative estimate of drug-likeness (QED) is 0.776. The summed E-state index contributed by atoms with van der Waals surface area (Å²) in [5, 5.41) is 0. The second kappa shape index (κ2) is 5.35. The van der Waals surface area contributed by atoms with E-state index in [4.69, 9.17) is 10.5 Å². The Bertz CT molecular complexity index is 337. The van der Waals surface area contributed by atoms with E-state index in [-0.39, 0.29) is 0 Å². The summed E-state index contributed by atoms with van der Waals surface area (Å²) in [6.07, 6.45) is 6.22. The summed E-state index contributed by atoms with van der Waals surface area (Å²) < 4.78 is 5.43. The summed E-state index contributed by atoms with van der Waals surface area (Å²) in [5.41, 5.74) is 7.57. The van der Waals surface area contributed by atoms with Crippen LogP contribution in [0.4, 0.5) is 0 Å². The smallest absolute Gasteiger partial charge is 0.122 e. The Kier molecular flexibility index (Phi) is 3.83. The van der Waals surface area contributed by atoms with E-state index >= 15 is 0 Å². The van der Waals surface area contributed by atoms with Gasteiger partial charge < -0.3 is 10.5 Å². The van der Waals surface area contributed by atoms with Gasteiger partial charge in [0.05, 0.1) is 7.11 Å². The summed E-state index contributed by atoms with van der Waals surface area (Å²) in [4.78, 5) is 0. The van der Waals surface area contributed by atoms with E-state index in [0.717, 1.165) is 12.2 Å². The van der Waals surface area contributed by atoms with E-state index in [0.29, 0.717) is 12.0 Å². The Morgan fingerprint density at radius 2 is 1.88 bits per heavy atom. The molecule has 88 valence electrons. The molecule has 1 aliphatic carbocycles. The molecule has 1 saturated carbocycles. The molecule has 0 spiro atoms. The van der Waals surface area contributed by atoms with E-state index in [1.165, 1.54) is 31.2 Å². The molecule has 16 heavy (non-hydrogen) atoms. The average molecular weight is 219 g/mol. The standard InChI is InChI=1S/C14H21NO/c1-16-14-10-6-5-8-12(14)11-7-3-2-4-9-13(11)15/h5-6,8,10-11,13H,2-4,7,9,15H2,1H3. The van der Waals surface area contributed by atoms with Gasteiger partial charge in [0, 0.05) is 12.0 Å². The number of rotatable bonds is 2. The Morgan fingerprint density at radius 1 is 1.12 bits per heavy atom. The van der Waals surface area contributed by atoms with Crippen molar-refractivity contribution in [3.05, 3.63) is 29.8 Å². The molecular weight excluding hydrogens is 198 g/mol. The highest BCUT2D eigenvalue weighted by molar-refractivity contribution is 5.37. The Labute approximate surface area is 97.8 Å². The van der Waals surface area contributed by atoms with Gasteiger partial charge in [0.25, 0.3) is 0 Å². The molecule has 0 amide bonds. The van der Waals surface area contributed by atoms with Crippen molar-refractivity contribution < 1.29 is 4.74 Å². The fraction of sp³-hybridized carbons (Fsp3) is 0.571. The van der Waals surface area contributed by atoms with Crippen molar-refractivity contribution in [2.24, 2.45) is 5.73 Å². The molecule has 0 heterocycles. The third-order valence-corrected chi connectivity index (χ3v) is 3.61. The van der Waals surface area contributed by atoms with Crippen molar-refractivity contribution in [2.45, 2.75) is 44.1 Å². The average Bonchev–Trinajstić information content (AvgIpc) is 2.54. The van der Waals surface area contributed by atoms with Crippen molar-refractivity contribution in [3.8, 4) is 5.75 Å². The van der Waals surface area contributed by atoms with Crippen LogP contribution in [-0.4, -0.2) is 13.2 Å². The summed E-state index contributed by atoms with van der Waals surface area (Å²) in [7, 11) is 1.74. The first kappa shape index (κ1) is 11.5. The van der Waals surface area contributed by atoms with Gasteiger partial charge in [-0.05, 0) is 24.5 Å². The first-order valence-electron chi connectivity index (χ1n) is 6.21. The van der Waals surface area contributed by atoms with E-state index in [9.17, 15) is 0 Å². The van der Waals surface area contributed by atoms with Crippen LogP contribution in [-0.2, 0) is 0 Å². The zero-order valence-electron chi connectivity index (χ0n) is 9.99. The predicted octanol–water partition coefficient (Wildman–Crippen LogP) is 3.07. The molecule has 1 aromatic rings. The summed E-state index contributed by atoms with van der Waals surface area (Å²) >= 11 is 0. The van der Waals surface area contributed by atoms with Gasteiger partial charge >= 0.3 is 0 Å². The van der Waals surface area contributed by atoms with Crippen LogP contribution in [0.1, 0.15) is 43.6 Å². The molecule has 2 N–H and O–H groups in total. The maximum absolute atomic E-state index is 6.28. The van der Waals surface area contributed by atoms with Gasteiger partial charge in [0.1, 0.15) is 5.75 Å². The van der Waals surface area contributed by atoms with Crippen molar-refractivity contribution >= 4 is 0 Å². The van der Waals surface area contributed by atoms with Gasteiger partial charge in [-0.1, -0.05) is 37.5 Å². The monoisotopic (exact) mass is 219 g/mol. The van der Waals surface area contributed by atoms with Crippen LogP contribution in [0.5, 0.6) is 5.75 Å². The lowest BCUT2D eigenvalue weighted by Crippen LogP contribution is -2.27. The highest BCUT2D eigenvalue weighted by Crippen LogP contribution is 2.35. The number of hydrogen-bond donors (Lipinski definition) is 1. The first-order valence-corrected chi connectivity index (χ1v) is 6.21. The zero-order chi connectivity index (χ0) is 11.4. The SMILES string of the molecule is COc1ccccc1C1CCCCCC1N. The van der Waals surface area contributed by atoms with Crippen molar-refractivity contribution in [2.75, 3.05) is 7.11 Å². The predicted molar refractivity (Wildman–Crippen MR) is 66.8 cm³/mol. The number of para-hydroxylation sites is 1. The molecule has 0 aromatic heterocycles. The van der Waals surface area contributed by atoms with Crippen LogP contribution < -0.4 is 10.5 Å². The second-order valence-electron chi connectivity index (χ2n) is 4.65. The van der Waals surface area contributed by atoms with Gasteiger partial charge in [-0.25, -0.2) is 0 Å². The molecule has 0 radical (unpaired) electrons. The molecule has 1 aromatic carbocycles. The molecule has 0 aliphatic heterocycles. The summed E-state index contributed by atoms with van der Waals surface area (Å²) in [5.74, 6) is 1.46. The highest BCUT2D eigenvalue weighted by Gasteiger charge is 2.24. The van der Waals surface area contributed by atoms with E-state index in [1.807, 2.05) is 12.1 Å². The fourth-order valence-corrected chi connectivity index (χ4v) is 2.70. The molecule has 0 saturated heterocycles. The van der Waals surface area contributed by atoms with Crippen LogP contribution in [0, 0.1) is 0 Å². The second-order valence-corrected chi connectivity index (χ2v) is 4.65. The number of methoxy groups -OCH3 is 1. The molecule has 2 nitrogen and oxygen atoms in total. The van der Waals surface area contributed by atoms with Crippen LogP contribution in [0.3, 0.4) is 0 Å². The molecule has 2 atom stereocenters. The maximum Gasteiger partial charge on any atom is 0.122 e. The lowest BCUT2D eigenvalue weighted by Gasteiger charge is -2.23. The number of hydrogen-bond acceptors (Lipinski definition) is 2. The van der Waals surface area contributed by atoms with Gasteiger partial charge in [-0.2, -0.15) is 0 Å². The van der Waals surface area contributed by atoms with Crippen LogP contribution in [0.25, 0.3) is 0 Å². The molecule has 2 rings (SSSR count). The van der Waals surface area contributed by atoms with Gasteiger partial charge in [-0.15, -0.1) is 0 Å². The minimum absolute atomic E-state index is 0.291. The van der Waals surface area contributed by atoms with E-state index < -0.39 is 0 Å². The highest BCUT2D eigenvalue weighted by atomic mass is 16.5. The van der Waals surface area contributed by atoms with Crippen LogP contribution in [0.2, 0.25) is 0 Å². The lowest BCUT2D eigenvalue weighted by molar-refractivity contribution is 0.396. The number of benzene rings is 1. The molecule has 2 heteroatoms. The third-order valence-electron chi connectivity index (χ3n) is 3.61. The Hall–Kier alpha value is -1.02. The number of nitrogens with two attached hydrogens (primary N) is 1. The van der Waals surface area contributed by atoms with Crippen molar-refractivity contribution in [1.82, 2.24) is 0 Å².